The minimum Gasteiger partial charge on any atom is -0.512 e. The molecule has 1 rings (SSSR count). The van der Waals surface area contributed by atoms with Crippen molar-refractivity contribution < 1.29 is 26.4 Å². The number of allylic oxidation sites excluding steroid dienone is 2. The molecule has 0 heterocycles. The van der Waals surface area contributed by atoms with Gasteiger partial charge in [0.05, 0.1) is 5.76 Å². The maximum absolute atomic E-state index is 12.1. The van der Waals surface area contributed by atoms with Gasteiger partial charge in [-0.25, -0.2) is 0 Å². The van der Waals surface area contributed by atoms with E-state index in [0.717, 1.165) is 38.5 Å². The number of carbonyl (C=O) groups excluding carboxylic acids is 1. The van der Waals surface area contributed by atoms with Crippen LogP contribution in [0.2, 0.25) is 0 Å². The summed E-state index contributed by atoms with van der Waals surface area (Å²) in [4.78, 5) is 12.1. The van der Waals surface area contributed by atoms with Crippen LogP contribution in [-0.2, 0) is 21.3 Å². The molecule has 1 unspecified atom stereocenters. The molecule has 0 amide bonds. The Balaban J connectivity index is 0.00000361. The second-order valence-corrected chi connectivity index (χ2v) is 6.37. The quantitative estimate of drug-likeness (QED) is 0.405. The van der Waals surface area contributed by atoms with Gasteiger partial charge < -0.3 is 5.11 Å². The van der Waals surface area contributed by atoms with E-state index in [1.54, 1.807) is 0 Å². The number of aliphatic hydroxyl groups excluding tert-OH is 1. The molecule has 1 N–H and O–H groups in total. The van der Waals surface area contributed by atoms with Crippen LogP contribution in [0.1, 0.15) is 72.1 Å². The van der Waals surface area contributed by atoms with Crippen LogP contribution in [0.5, 0.6) is 0 Å². The Morgan fingerprint density at radius 3 is 2.35 bits per heavy atom. The van der Waals surface area contributed by atoms with Gasteiger partial charge in [0.15, 0.2) is 5.78 Å². The monoisotopic (exact) mass is 324 g/mol. The number of carbonyl (C=O) groups is 1. The van der Waals surface area contributed by atoms with E-state index in [2.05, 4.69) is 20.8 Å². The summed E-state index contributed by atoms with van der Waals surface area (Å²) in [6, 6.07) is 0. The average Bonchev–Trinajstić information content (AvgIpc) is 2.39. The van der Waals surface area contributed by atoms with Crippen molar-refractivity contribution in [3.8, 4) is 0 Å². The van der Waals surface area contributed by atoms with Gasteiger partial charge in [0.25, 0.3) is 0 Å². The van der Waals surface area contributed by atoms with Crippen LogP contribution in [0, 0.1) is 17.8 Å². The number of rotatable bonds is 7. The Bertz CT molecular complexity index is 304. The molecule has 0 radical (unpaired) electrons. The Kier molecular flexibility index (Phi) is 10.3. The van der Waals surface area contributed by atoms with Gasteiger partial charge in [-0.3, -0.25) is 4.79 Å². The molecule has 0 bridgehead atoms. The van der Waals surface area contributed by atoms with Gasteiger partial charge in [0.1, 0.15) is 0 Å². The number of hydrogen-bond acceptors (Lipinski definition) is 2. The van der Waals surface area contributed by atoms with Crippen LogP contribution < -0.4 is 0 Å². The van der Waals surface area contributed by atoms with Crippen LogP contribution in [0.3, 0.4) is 0 Å². The van der Waals surface area contributed by atoms with Gasteiger partial charge in [-0.05, 0) is 24.7 Å². The molecule has 20 heavy (non-hydrogen) atoms. The van der Waals surface area contributed by atoms with E-state index in [0.29, 0.717) is 24.0 Å². The Morgan fingerprint density at radius 2 is 1.85 bits per heavy atom. The molecule has 0 aromatic carbocycles. The van der Waals surface area contributed by atoms with E-state index in [9.17, 15) is 9.90 Å². The first-order valence-corrected chi connectivity index (χ1v) is 7.98. The third-order valence-electron chi connectivity index (χ3n) is 4.39. The maximum Gasteiger partial charge on any atom is 0.162 e. The van der Waals surface area contributed by atoms with Crippen molar-refractivity contribution in [3.05, 3.63) is 11.8 Å². The van der Waals surface area contributed by atoms with E-state index >= 15 is 0 Å². The minimum atomic E-state index is 0. The molecule has 1 fully saturated rings. The van der Waals surface area contributed by atoms with Gasteiger partial charge in [-0.1, -0.05) is 52.9 Å². The van der Waals surface area contributed by atoms with Crippen LogP contribution in [0.25, 0.3) is 0 Å². The molecule has 3 heteroatoms. The Hall–Kier alpha value is -0.296. The summed E-state index contributed by atoms with van der Waals surface area (Å²) in [6.07, 6.45) is 10.0. The van der Waals surface area contributed by atoms with Gasteiger partial charge in [-0.2, -0.15) is 0 Å². The van der Waals surface area contributed by atoms with Crippen molar-refractivity contribution in [2.45, 2.75) is 72.1 Å². The van der Waals surface area contributed by atoms with Crippen molar-refractivity contribution in [1.29, 1.82) is 0 Å². The predicted octanol–water partition coefficient (Wildman–Crippen LogP) is 5.04. The van der Waals surface area contributed by atoms with E-state index in [1.807, 2.05) is 0 Å². The van der Waals surface area contributed by atoms with Gasteiger partial charge in [-0.15, -0.1) is 0 Å². The molecule has 1 atom stereocenters. The summed E-state index contributed by atoms with van der Waals surface area (Å²) in [5.41, 5.74) is 0. The first kappa shape index (κ1) is 19.7. The zero-order chi connectivity index (χ0) is 14.3. The number of hydrogen-bond donors (Lipinski definition) is 1. The number of ketones is 1. The summed E-state index contributed by atoms with van der Waals surface area (Å²) >= 11 is 0. The molecular weight excluding hydrogens is 295 g/mol. The van der Waals surface area contributed by atoms with Crippen LogP contribution >= 0.6 is 0 Å². The zero-order valence-corrected chi connectivity index (χ0v) is 14.1. The van der Waals surface area contributed by atoms with Crippen LogP contribution in [-0.4, -0.2) is 10.9 Å². The third kappa shape index (κ3) is 6.93. The topological polar surface area (TPSA) is 37.3 Å². The number of aliphatic hydroxyl groups is 1. The van der Waals surface area contributed by atoms with Gasteiger partial charge in [0, 0.05) is 34.9 Å². The first-order chi connectivity index (χ1) is 9.04. The largest absolute Gasteiger partial charge is 0.512 e. The van der Waals surface area contributed by atoms with Crippen LogP contribution in [0.15, 0.2) is 11.8 Å². The Labute approximate surface area is 134 Å². The normalized spacial score (nSPS) is 18.7. The second-order valence-electron chi connectivity index (χ2n) is 6.37. The van der Waals surface area contributed by atoms with Crippen molar-refractivity contribution in [3.63, 3.8) is 0 Å². The molecule has 1 aliphatic rings. The summed E-state index contributed by atoms with van der Waals surface area (Å²) in [7, 11) is 0. The fraction of sp³-hybridized carbons (Fsp3) is 0.824. The summed E-state index contributed by atoms with van der Waals surface area (Å²) in [5.74, 6) is 1.65. The molecule has 0 aromatic rings. The summed E-state index contributed by atoms with van der Waals surface area (Å²) < 4.78 is 0. The van der Waals surface area contributed by atoms with Crippen LogP contribution in [0.4, 0.5) is 0 Å². The van der Waals surface area contributed by atoms with Crippen molar-refractivity contribution in [2.75, 3.05) is 0 Å². The van der Waals surface area contributed by atoms with Crippen molar-refractivity contribution >= 4 is 5.78 Å². The molecule has 0 aliphatic heterocycles. The minimum absolute atomic E-state index is 0. The van der Waals surface area contributed by atoms with E-state index in [4.69, 9.17) is 0 Å². The van der Waals surface area contributed by atoms with E-state index in [1.165, 1.54) is 12.5 Å². The molecular formula is C17H30NiO2. The molecule has 0 saturated heterocycles. The molecule has 0 spiro atoms. The SMILES string of the molecule is CCCC(C/C(O)=C/C(=O)C1CCCCC1)C(C)C.[Ni]. The average molecular weight is 325 g/mol. The molecule has 0 aromatic heterocycles. The Morgan fingerprint density at radius 1 is 1.25 bits per heavy atom. The maximum atomic E-state index is 12.1. The molecule has 1 aliphatic carbocycles. The fourth-order valence-corrected chi connectivity index (χ4v) is 3.04. The summed E-state index contributed by atoms with van der Waals surface area (Å²) in [5, 5.41) is 10.0. The molecule has 120 valence electrons. The second kappa shape index (κ2) is 10.4. The first-order valence-electron chi connectivity index (χ1n) is 7.98. The predicted molar refractivity (Wildman–Crippen MR) is 80.1 cm³/mol. The van der Waals surface area contributed by atoms with Crippen molar-refractivity contribution in [1.82, 2.24) is 0 Å². The van der Waals surface area contributed by atoms with Gasteiger partial charge >= 0.3 is 0 Å². The standard InChI is InChI=1S/C17H30O2.Ni/c1-4-8-15(13(2)3)11-16(18)12-17(19)14-9-6-5-7-10-14;/h12-15,18H,4-11H2,1-3H3;/b16-12-;. The van der Waals surface area contributed by atoms with E-state index < -0.39 is 0 Å². The zero-order valence-electron chi connectivity index (χ0n) is 13.1. The molecule has 1 saturated carbocycles. The summed E-state index contributed by atoms with van der Waals surface area (Å²) in [6.45, 7) is 6.55. The molecule has 2 nitrogen and oxygen atoms in total. The van der Waals surface area contributed by atoms with E-state index in [-0.39, 0.29) is 28.2 Å². The van der Waals surface area contributed by atoms with Crippen molar-refractivity contribution in [2.24, 2.45) is 17.8 Å². The fourth-order valence-electron chi connectivity index (χ4n) is 3.04. The van der Waals surface area contributed by atoms with Gasteiger partial charge in [0.2, 0.25) is 0 Å². The smallest absolute Gasteiger partial charge is 0.162 e. The third-order valence-corrected chi connectivity index (χ3v) is 4.39.